The van der Waals surface area contributed by atoms with E-state index in [1.807, 2.05) is 37.3 Å². The smallest absolute Gasteiger partial charge is 0.408 e. The molecule has 2 rings (SSSR count). The number of carbonyl (C=O) groups is 4. The topological polar surface area (TPSA) is 114 Å². The normalized spacial score (nSPS) is 12.7. The minimum absolute atomic E-state index is 0.189. The number of amides is 3. The van der Waals surface area contributed by atoms with Crippen LogP contribution >= 0.6 is 0 Å². The van der Waals surface area contributed by atoms with Gasteiger partial charge in [0.1, 0.15) is 29.8 Å². The van der Waals surface area contributed by atoms with E-state index in [-0.39, 0.29) is 19.5 Å². The van der Waals surface area contributed by atoms with Crippen molar-refractivity contribution in [1.82, 2.24) is 15.5 Å². The molecule has 0 saturated heterocycles. The standard InChI is InChI=1S/C35H47N3O6/c1-9-11-15-22-38(29(39)24-36-33(42)44-35(6,7)8)30(27-20-18-25(10-2)19-21-27)31(40)37-28(32(41)43-34(3,4)5)23-26-16-13-12-14-17-26/h2,12-14,16-21,28,30H,9,11,15,22-24H2,1,3-8H3,(H,36,42)(H,37,40). The van der Waals surface area contributed by atoms with Crippen molar-refractivity contribution in [3.05, 3.63) is 71.3 Å². The van der Waals surface area contributed by atoms with Crippen molar-refractivity contribution in [2.75, 3.05) is 13.1 Å². The van der Waals surface area contributed by atoms with Gasteiger partial charge in [-0.05, 0) is 71.2 Å². The summed E-state index contributed by atoms with van der Waals surface area (Å²) in [5.74, 6) is 0.925. The molecule has 0 aliphatic carbocycles. The number of esters is 1. The van der Waals surface area contributed by atoms with Crippen LogP contribution in [-0.4, -0.2) is 59.1 Å². The van der Waals surface area contributed by atoms with Crippen molar-refractivity contribution in [3.63, 3.8) is 0 Å². The maximum absolute atomic E-state index is 14.2. The Morgan fingerprint density at radius 3 is 2.05 bits per heavy atom. The molecule has 9 nitrogen and oxygen atoms in total. The number of terminal acetylenes is 1. The van der Waals surface area contributed by atoms with E-state index in [4.69, 9.17) is 15.9 Å². The van der Waals surface area contributed by atoms with Crippen molar-refractivity contribution in [1.29, 1.82) is 0 Å². The molecule has 9 heteroatoms. The zero-order valence-electron chi connectivity index (χ0n) is 27.1. The molecule has 0 heterocycles. The summed E-state index contributed by atoms with van der Waals surface area (Å²) in [7, 11) is 0. The van der Waals surface area contributed by atoms with Crippen LogP contribution in [0.3, 0.4) is 0 Å². The van der Waals surface area contributed by atoms with Crippen LogP contribution in [0.5, 0.6) is 0 Å². The number of hydrogen-bond donors (Lipinski definition) is 2. The first-order valence-electron chi connectivity index (χ1n) is 15.0. The average molecular weight is 606 g/mol. The lowest BCUT2D eigenvalue weighted by Crippen LogP contribution is -2.52. The fourth-order valence-electron chi connectivity index (χ4n) is 4.39. The van der Waals surface area contributed by atoms with Gasteiger partial charge >= 0.3 is 12.1 Å². The molecule has 0 aliphatic rings. The van der Waals surface area contributed by atoms with Crippen LogP contribution in [-0.2, 0) is 30.3 Å². The van der Waals surface area contributed by atoms with Crippen LogP contribution in [0, 0.1) is 12.3 Å². The van der Waals surface area contributed by atoms with Gasteiger partial charge in [-0.3, -0.25) is 9.59 Å². The van der Waals surface area contributed by atoms with Crippen LogP contribution in [0.4, 0.5) is 4.79 Å². The quantitative estimate of drug-likeness (QED) is 0.182. The molecule has 2 atom stereocenters. The first-order chi connectivity index (χ1) is 20.6. The molecule has 2 aromatic carbocycles. The number of ether oxygens (including phenoxy) is 2. The molecule has 2 unspecified atom stereocenters. The van der Waals surface area contributed by atoms with Crippen molar-refractivity contribution < 1.29 is 28.7 Å². The predicted molar refractivity (Wildman–Crippen MR) is 171 cm³/mol. The van der Waals surface area contributed by atoms with Gasteiger partial charge in [-0.25, -0.2) is 9.59 Å². The Labute approximate surface area is 262 Å². The van der Waals surface area contributed by atoms with Gasteiger partial charge in [-0.1, -0.05) is 68.2 Å². The summed E-state index contributed by atoms with van der Waals surface area (Å²) in [4.78, 5) is 55.0. The molecule has 2 N–H and O–H groups in total. The summed E-state index contributed by atoms with van der Waals surface area (Å²) in [5, 5.41) is 5.38. The predicted octanol–water partition coefficient (Wildman–Crippen LogP) is 5.32. The Bertz CT molecular complexity index is 1290. The van der Waals surface area contributed by atoms with Crippen LogP contribution in [0.1, 0.15) is 90.5 Å². The second kappa shape index (κ2) is 16.5. The van der Waals surface area contributed by atoms with Crippen LogP contribution in [0.25, 0.3) is 0 Å². The molecule has 0 radical (unpaired) electrons. The Kier molecular flexibility index (Phi) is 13.5. The van der Waals surface area contributed by atoms with Crippen LogP contribution < -0.4 is 10.6 Å². The highest BCUT2D eigenvalue weighted by atomic mass is 16.6. The largest absolute Gasteiger partial charge is 0.458 e. The van der Waals surface area contributed by atoms with E-state index < -0.39 is 47.2 Å². The number of unbranched alkanes of at least 4 members (excludes halogenated alkanes) is 2. The highest BCUT2D eigenvalue weighted by Crippen LogP contribution is 2.24. The zero-order valence-corrected chi connectivity index (χ0v) is 27.1. The fourth-order valence-corrected chi connectivity index (χ4v) is 4.39. The number of alkyl carbamates (subject to hydrolysis) is 1. The molecule has 0 bridgehead atoms. The van der Waals surface area contributed by atoms with Crippen molar-refractivity contribution in [3.8, 4) is 12.3 Å². The summed E-state index contributed by atoms with van der Waals surface area (Å²) >= 11 is 0. The summed E-state index contributed by atoms with van der Waals surface area (Å²) in [6.45, 7) is 12.3. The number of hydrogen-bond acceptors (Lipinski definition) is 6. The lowest BCUT2D eigenvalue weighted by Gasteiger charge is -2.33. The summed E-state index contributed by atoms with van der Waals surface area (Å²) in [6, 6.07) is 13.9. The second-order valence-corrected chi connectivity index (χ2v) is 12.6. The van der Waals surface area contributed by atoms with E-state index in [0.717, 1.165) is 18.4 Å². The van der Waals surface area contributed by atoms with E-state index in [1.54, 1.807) is 65.8 Å². The van der Waals surface area contributed by atoms with Gasteiger partial charge in [-0.2, -0.15) is 0 Å². The van der Waals surface area contributed by atoms with Gasteiger partial charge in [0, 0.05) is 18.5 Å². The highest BCUT2D eigenvalue weighted by Gasteiger charge is 2.35. The average Bonchev–Trinajstić information content (AvgIpc) is 2.94. The van der Waals surface area contributed by atoms with Gasteiger partial charge in [-0.15, -0.1) is 6.42 Å². The van der Waals surface area contributed by atoms with Gasteiger partial charge in [0.25, 0.3) is 0 Å². The number of nitrogens with zero attached hydrogens (tertiary/aromatic N) is 1. The highest BCUT2D eigenvalue weighted by molar-refractivity contribution is 5.93. The van der Waals surface area contributed by atoms with Crippen LogP contribution in [0.15, 0.2) is 54.6 Å². The molecular formula is C35H47N3O6. The lowest BCUT2D eigenvalue weighted by atomic mass is 10.00. The molecule has 2 aromatic rings. The molecule has 0 saturated carbocycles. The van der Waals surface area contributed by atoms with Gasteiger partial charge in [0.15, 0.2) is 0 Å². The molecule has 0 aromatic heterocycles. The molecule has 44 heavy (non-hydrogen) atoms. The van der Waals surface area contributed by atoms with E-state index in [2.05, 4.69) is 16.6 Å². The Hall–Kier alpha value is -4.32. The Morgan fingerprint density at radius 2 is 1.50 bits per heavy atom. The third-order valence-electron chi connectivity index (χ3n) is 6.35. The maximum Gasteiger partial charge on any atom is 0.408 e. The Balaban J connectivity index is 2.49. The van der Waals surface area contributed by atoms with E-state index in [1.165, 1.54) is 4.90 Å². The number of nitrogens with one attached hydrogen (secondary N) is 2. The Morgan fingerprint density at radius 1 is 0.886 bits per heavy atom. The minimum Gasteiger partial charge on any atom is -0.458 e. The number of carbonyl (C=O) groups excluding carboxylic acids is 4. The molecule has 0 fully saturated rings. The first-order valence-corrected chi connectivity index (χ1v) is 15.0. The fraction of sp³-hybridized carbons (Fsp3) is 0.486. The van der Waals surface area contributed by atoms with Crippen molar-refractivity contribution >= 4 is 23.9 Å². The van der Waals surface area contributed by atoms with Crippen molar-refractivity contribution in [2.24, 2.45) is 0 Å². The second-order valence-electron chi connectivity index (χ2n) is 12.6. The van der Waals surface area contributed by atoms with Crippen LogP contribution in [0.2, 0.25) is 0 Å². The number of benzene rings is 2. The third kappa shape index (κ3) is 12.5. The summed E-state index contributed by atoms with van der Waals surface area (Å²) in [6.07, 6.45) is 7.35. The summed E-state index contributed by atoms with van der Waals surface area (Å²) < 4.78 is 11.0. The molecule has 238 valence electrons. The van der Waals surface area contributed by atoms with Gasteiger partial charge in [0.2, 0.25) is 11.8 Å². The van der Waals surface area contributed by atoms with E-state index in [9.17, 15) is 19.2 Å². The van der Waals surface area contributed by atoms with E-state index >= 15 is 0 Å². The first kappa shape index (κ1) is 35.9. The molecular weight excluding hydrogens is 558 g/mol. The van der Waals surface area contributed by atoms with E-state index in [0.29, 0.717) is 17.5 Å². The summed E-state index contributed by atoms with van der Waals surface area (Å²) in [5.41, 5.74) is 0.419. The van der Waals surface area contributed by atoms with Gasteiger partial charge in [0.05, 0.1) is 0 Å². The third-order valence-corrected chi connectivity index (χ3v) is 6.35. The van der Waals surface area contributed by atoms with Crippen molar-refractivity contribution in [2.45, 2.75) is 97.4 Å². The molecule has 3 amide bonds. The minimum atomic E-state index is -1.12. The molecule has 0 aliphatic heterocycles. The molecule has 0 spiro atoms. The lowest BCUT2D eigenvalue weighted by molar-refractivity contribution is -0.159. The zero-order chi connectivity index (χ0) is 32.9. The monoisotopic (exact) mass is 605 g/mol. The maximum atomic E-state index is 14.2. The van der Waals surface area contributed by atoms with Gasteiger partial charge < -0.3 is 25.0 Å². The SMILES string of the molecule is C#Cc1ccc(C(C(=O)NC(Cc2ccccc2)C(=O)OC(C)(C)C)N(CCCCC)C(=O)CNC(=O)OC(C)(C)C)cc1. The number of rotatable bonds is 13.